The maximum absolute atomic E-state index is 11.2. The van der Waals surface area contributed by atoms with Crippen LogP contribution in [0.1, 0.15) is 38.5 Å². The van der Waals surface area contributed by atoms with Crippen LogP contribution in [0, 0.1) is 0 Å². The number of nitrogens with one attached hydrogen (secondary N) is 2. The SMILES string of the molecule is CNC(=O)Cn1cc(NC2CCCCCC2)cn1. The second-order valence-electron chi connectivity index (χ2n) is 4.93. The summed E-state index contributed by atoms with van der Waals surface area (Å²) in [6.45, 7) is 0.281. The molecule has 1 fully saturated rings. The van der Waals surface area contributed by atoms with Gasteiger partial charge in [0.15, 0.2) is 0 Å². The van der Waals surface area contributed by atoms with Gasteiger partial charge in [0.25, 0.3) is 0 Å². The molecule has 5 heteroatoms. The highest BCUT2D eigenvalue weighted by Gasteiger charge is 2.12. The van der Waals surface area contributed by atoms with Crippen LogP contribution in [0.3, 0.4) is 0 Å². The molecule has 1 aromatic rings. The van der Waals surface area contributed by atoms with Crippen molar-refractivity contribution >= 4 is 11.6 Å². The van der Waals surface area contributed by atoms with Gasteiger partial charge in [0.1, 0.15) is 6.54 Å². The van der Waals surface area contributed by atoms with Gasteiger partial charge in [-0.05, 0) is 12.8 Å². The van der Waals surface area contributed by atoms with Crippen LogP contribution in [-0.2, 0) is 11.3 Å². The Labute approximate surface area is 108 Å². The van der Waals surface area contributed by atoms with E-state index in [1.165, 1.54) is 38.5 Å². The zero-order valence-corrected chi connectivity index (χ0v) is 11.0. The molecular weight excluding hydrogens is 228 g/mol. The number of hydrogen-bond acceptors (Lipinski definition) is 3. The molecule has 0 unspecified atom stereocenters. The van der Waals surface area contributed by atoms with E-state index in [1.807, 2.05) is 6.20 Å². The molecule has 0 spiro atoms. The fourth-order valence-corrected chi connectivity index (χ4v) is 2.41. The van der Waals surface area contributed by atoms with Gasteiger partial charge in [-0.1, -0.05) is 25.7 Å². The lowest BCUT2D eigenvalue weighted by Gasteiger charge is -2.15. The van der Waals surface area contributed by atoms with Crippen LogP contribution in [0.15, 0.2) is 12.4 Å². The number of hydrogen-bond donors (Lipinski definition) is 2. The average molecular weight is 250 g/mol. The van der Waals surface area contributed by atoms with Gasteiger partial charge in [-0.2, -0.15) is 5.10 Å². The normalized spacial score (nSPS) is 17.2. The highest BCUT2D eigenvalue weighted by molar-refractivity contribution is 5.75. The first kappa shape index (κ1) is 12.9. The Balaban J connectivity index is 1.87. The summed E-state index contributed by atoms with van der Waals surface area (Å²) in [4.78, 5) is 11.2. The Morgan fingerprint density at radius 3 is 2.78 bits per heavy atom. The third kappa shape index (κ3) is 3.75. The summed E-state index contributed by atoms with van der Waals surface area (Å²) in [5.41, 5.74) is 1.02. The minimum Gasteiger partial charge on any atom is -0.380 e. The van der Waals surface area contributed by atoms with Crippen LogP contribution in [0.25, 0.3) is 0 Å². The first-order chi connectivity index (χ1) is 8.78. The predicted molar refractivity (Wildman–Crippen MR) is 71.4 cm³/mol. The van der Waals surface area contributed by atoms with Crippen LogP contribution < -0.4 is 10.6 Å². The summed E-state index contributed by atoms with van der Waals surface area (Å²) < 4.78 is 1.66. The molecule has 1 saturated carbocycles. The number of anilines is 1. The summed E-state index contributed by atoms with van der Waals surface area (Å²) in [5, 5.41) is 10.3. The van der Waals surface area contributed by atoms with E-state index < -0.39 is 0 Å². The van der Waals surface area contributed by atoms with E-state index in [0.717, 1.165) is 5.69 Å². The first-order valence-corrected chi connectivity index (χ1v) is 6.77. The molecule has 2 N–H and O–H groups in total. The molecule has 1 aliphatic rings. The number of rotatable bonds is 4. The summed E-state index contributed by atoms with van der Waals surface area (Å²) >= 11 is 0. The quantitative estimate of drug-likeness (QED) is 0.801. The topological polar surface area (TPSA) is 59.0 Å². The number of carbonyl (C=O) groups excluding carboxylic acids is 1. The van der Waals surface area contributed by atoms with E-state index in [0.29, 0.717) is 6.04 Å². The van der Waals surface area contributed by atoms with Crippen molar-refractivity contribution in [3.05, 3.63) is 12.4 Å². The molecule has 1 aliphatic carbocycles. The lowest BCUT2D eigenvalue weighted by atomic mass is 10.1. The van der Waals surface area contributed by atoms with Gasteiger partial charge in [0.05, 0.1) is 11.9 Å². The molecule has 2 rings (SSSR count). The second kappa shape index (κ2) is 6.42. The van der Waals surface area contributed by atoms with Crippen LogP contribution in [0.5, 0.6) is 0 Å². The molecule has 0 aromatic carbocycles. The summed E-state index contributed by atoms with van der Waals surface area (Å²) in [7, 11) is 1.64. The molecule has 1 heterocycles. The highest BCUT2D eigenvalue weighted by atomic mass is 16.1. The molecule has 0 atom stereocenters. The molecule has 1 aromatic heterocycles. The fraction of sp³-hybridized carbons (Fsp3) is 0.692. The highest BCUT2D eigenvalue weighted by Crippen LogP contribution is 2.20. The molecule has 100 valence electrons. The van der Waals surface area contributed by atoms with Gasteiger partial charge in [-0.3, -0.25) is 9.48 Å². The van der Waals surface area contributed by atoms with Crippen molar-refractivity contribution in [3.8, 4) is 0 Å². The molecule has 0 aliphatic heterocycles. The van der Waals surface area contributed by atoms with Crippen molar-refractivity contribution in [3.63, 3.8) is 0 Å². The minimum atomic E-state index is -0.0286. The Bertz CT molecular complexity index is 380. The van der Waals surface area contributed by atoms with Crippen molar-refractivity contribution in [2.45, 2.75) is 51.1 Å². The third-order valence-electron chi connectivity index (χ3n) is 3.44. The monoisotopic (exact) mass is 250 g/mol. The molecule has 0 radical (unpaired) electrons. The maximum atomic E-state index is 11.2. The van der Waals surface area contributed by atoms with Gasteiger partial charge in [-0.25, -0.2) is 0 Å². The lowest BCUT2D eigenvalue weighted by Crippen LogP contribution is -2.23. The van der Waals surface area contributed by atoms with Crippen molar-refractivity contribution < 1.29 is 4.79 Å². The van der Waals surface area contributed by atoms with Crippen LogP contribution in [0.4, 0.5) is 5.69 Å². The first-order valence-electron chi connectivity index (χ1n) is 6.77. The maximum Gasteiger partial charge on any atom is 0.241 e. The van der Waals surface area contributed by atoms with Gasteiger partial charge < -0.3 is 10.6 Å². The van der Waals surface area contributed by atoms with E-state index in [1.54, 1.807) is 17.9 Å². The Hall–Kier alpha value is -1.52. The summed E-state index contributed by atoms with van der Waals surface area (Å²) in [5.74, 6) is -0.0286. The fourth-order valence-electron chi connectivity index (χ4n) is 2.41. The molecule has 0 saturated heterocycles. The molecular formula is C13H22N4O. The van der Waals surface area contributed by atoms with Crippen LogP contribution in [-0.4, -0.2) is 28.8 Å². The third-order valence-corrected chi connectivity index (χ3v) is 3.44. The van der Waals surface area contributed by atoms with E-state index in [4.69, 9.17) is 0 Å². The van der Waals surface area contributed by atoms with Crippen LogP contribution in [0.2, 0.25) is 0 Å². The molecule has 5 nitrogen and oxygen atoms in total. The smallest absolute Gasteiger partial charge is 0.241 e. The number of amides is 1. The van der Waals surface area contributed by atoms with E-state index >= 15 is 0 Å². The average Bonchev–Trinajstić information content (AvgIpc) is 2.63. The van der Waals surface area contributed by atoms with Gasteiger partial charge >= 0.3 is 0 Å². The molecule has 18 heavy (non-hydrogen) atoms. The number of likely N-dealkylation sites (N-methyl/N-ethyl adjacent to an activating group) is 1. The standard InChI is InChI=1S/C13H22N4O/c1-14-13(18)10-17-9-12(8-15-17)16-11-6-4-2-3-5-7-11/h8-9,11,16H,2-7,10H2,1H3,(H,14,18). The van der Waals surface area contributed by atoms with Gasteiger partial charge in [0.2, 0.25) is 5.91 Å². The zero-order valence-electron chi connectivity index (χ0n) is 11.0. The van der Waals surface area contributed by atoms with Crippen LogP contribution >= 0.6 is 0 Å². The minimum absolute atomic E-state index is 0.0286. The van der Waals surface area contributed by atoms with E-state index in [2.05, 4.69) is 15.7 Å². The van der Waals surface area contributed by atoms with Crippen molar-refractivity contribution in [1.82, 2.24) is 15.1 Å². The summed E-state index contributed by atoms with van der Waals surface area (Å²) in [6, 6.07) is 0.560. The zero-order chi connectivity index (χ0) is 12.8. The largest absolute Gasteiger partial charge is 0.380 e. The van der Waals surface area contributed by atoms with Gasteiger partial charge in [0, 0.05) is 19.3 Å². The van der Waals surface area contributed by atoms with Crippen molar-refractivity contribution in [2.24, 2.45) is 0 Å². The van der Waals surface area contributed by atoms with Gasteiger partial charge in [-0.15, -0.1) is 0 Å². The lowest BCUT2D eigenvalue weighted by molar-refractivity contribution is -0.121. The number of aromatic nitrogens is 2. The molecule has 1 amide bonds. The van der Waals surface area contributed by atoms with Crippen molar-refractivity contribution in [1.29, 1.82) is 0 Å². The van der Waals surface area contributed by atoms with E-state index in [-0.39, 0.29) is 12.5 Å². The predicted octanol–water partition coefficient (Wildman–Crippen LogP) is 1.76. The second-order valence-corrected chi connectivity index (χ2v) is 4.93. The Morgan fingerprint density at radius 1 is 1.39 bits per heavy atom. The van der Waals surface area contributed by atoms with E-state index in [9.17, 15) is 4.79 Å². The number of nitrogens with zero attached hydrogens (tertiary/aromatic N) is 2. The number of carbonyl (C=O) groups is 1. The summed E-state index contributed by atoms with van der Waals surface area (Å²) in [6.07, 6.45) is 11.5. The Morgan fingerprint density at radius 2 is 2.11 bits per heavy atom. The molecule has 0 bridgehead atoms. The Kier molecular flexibility index (Phi) is 4.61. The van der Waals surface area contributed by atoms with Crippen molar-refractivity contribution in [2.75, 3.05) is 12.4 Å².